The van der Waals surface area contributed by atoms with Gasteiger partial charge in [-0.05, 0) is 18.6 Å². The number of benzene rings is 1. The zero-order valence-electron chi connectivity index (χ0n) is 12.0. The second-order valence-corrected chi connectivity index (χ2v) is 5.20. The zero-order valence-corrected chi connectivity index (χ0v) is 12.0. The van der Waals surface area contributed by atoms with Crippen molar-refractivity contribution in [3.05, 3.63) is 53.0 Å². The molecule has 0 aliphatic carbocycles. The van der Waals surface area contributed by atoms with Gasteiger partial charge in [0.05, 0.1) is 23.4 Å². The molecule has 2 aromatic rings. The van der Waals surface area contributed by atoms with Gasteiger partial charge in [-0.2, -0.15) is 13.2 Å². The van der Waals surface area contributed by atoms with Crippen molar-refractivity contribution in [2.45, 2.75) is 19.1 Å². The summed E-state index contributed by atoms with van der Waals surface area (Å²) in [7, 11) is 0. The summed E-state index contributed by atoms with van der Waals surface area (Å²) >= 11 is 0. The summed E-state index contributed by atoms with van der Waals surface area (Å²) in [4.78, 5) is 21.8. The van der Waals surface area contributed by atoms with Crippen molar-refractivity contribution in [2.75, 3.05) is 12.3 Å². The van der Waals surface area contributed by atoms with E-state index in [1.54, 1.807) is 0 Å². The Morgan fingerprint density at radius 2 is 1.96 bits per heavy atom. The number of halogens is 3. The van der Waals surface area contributed by atoms with E-state index in [0.717, 1.165) is 11.6 Å². The summed E-state index contributed by atoms with van der Waals surface area (Å²) < 4.78 is 39.2. The van der Waals surface area contributed by atoms with Crippen molar-refractivity contribution in [2.24, 2.45) is 0 Å². The van der Waals surface area contributed by atoms with E-state index in [9.17, 15) is 18.0 Å². The fourth-order valence-electron chi connectivity index (χ4n) is 2.64. The molecule has 0 saturated heterocycles. The molecule has 0 unspecified atom stereocenters. The summed E-state index contributed by atoms with van der Waals surface area (Å²) in [5.41, 5.74) is 5.78. The molecule has 1 aromatic carbocycles. The average molecular weight is 322 g/mol. The van der Waals surface area contributed by atoms with Gasteiger partial charge in [-0.25, -0.2) is 9.97 Å². The van der Waals surface area contributed by atoms with Crippen molar-refractivity contribution in [1.29, 1.82) is 0 Å². The number of nitrogens with zero attached hydrogens (tertiary/aromatic N) is 3. The van der Waals surface area contributed by atoms with Crippen LogP contribution in [-0.2, 0) is 19.1 Å². The Kier molecular flexibility index (Phi) is 3.67. The van der Waals surface area contributed by atoms with Gasteiger partial charge in [0.1, 0.15) is 12.1 Å². The second kappa shape index (κ2) is 5.53. The second-order valence-electron chi connectivity index (χ2n) is 5.20. The van der Waals surface area contributed by atoms with E-state index < -0.39 is 17.6 Å². The summed E-state index contributed by atoms with van der Waals surface area (Å²) in [6.07, 6.45) is -2.87. The molecule has 2 N–H and O–H groups in total. The summed E-state index contributed by atoms with van der Waals surface area (Å²) in [6, 6.07) is 4.78. The van der Waals surface area contributed by atoms with Crippen molar-refractivity contribution in [3.8, 4) is 0 Å². The molecule has 0 saturated carbocycles. The smallest absolute Gasteiger partial charge is 0.383 e. The Morgan fingerprint density at radius 1 is 1.22 bits per heavy atom. The third kappa shape index (κ3) is 2.84. The Labute approximate surface area is 130 Å². The normalized spacial score (nSPS) is 14.5. The lowest BCUT2D eigenvalue weighted by atomic mass is 10.0. The maximum atomic E-state index is 13.1. The van der Waals surface area contributed by atoms with Crippen LogP contribution in [0.1, 0.15) is 27.2 Å². The van der Waals surface area contributed by atoms with Gasteiger partial charge < -0.3 is 10.6 Å². The van der Waals surface area contributed by atoms with Crippen LogP contribution in [0.2, 0.25) is 0 Å². The Morgan fingerprint density at radius 3 is 2.70 bits per heavy atom. The number of nitrogens with two attached hydrogens (primary N) is 1. The quantitative estimate of drug-likeness (QED) is 0.874. The van der Waals surface area contributed by atoms with Gasteiger partial charge in [-0.1, -0.05) is 12.1 Å². The molecule has 23 heavy (non-hydrogen) atoms. The Bertz CT molecular complexity index is 761. The lowest BCUT2D eigenvalue weighted by molar-refractivity contribution is -0.138. The number of rotatable bonds is 1. The number of carbonyl (C=O) groups is 1. The predicted molar refractivity (Wildman–Crippen MR) is 76.3 cm³/mol. The van der Waals surface area contributed by atoms with Crippen molar-refractivity contribution in [1.82, 2.24) is 14.9 Å². The van der Waals surface area contributed by atoms with Crippen LogP contribution in [0.15, 0.2) is 30.6 Å². The largest absolute Gasteiger partial charge is 0.417 e. The van der Waals surface area contributed by atoms with Gasteiger partial charge in [0, 0.05) is 12.1 Å². The van der Waals surface area contributed by atoms with Crippen LogP contribution in [0.5, 0.6) is 0 Å². The Balaban J connectivity index is 1.92. The van der Waals surface area contributed by atoms with E-state index in [4.69, 9.17) is 5.73 Å². The standard InChI is InChI=1S/C15H13F3N4O/c16-15(17,18)11-4-2-1-3-9(11)14(23)22-6-5-10-12(7-22)20-8-21-13(10)19/h1-4,8H,5-7H2,(H2,19,20,21). The fraction of sp³-hybridized carbons (Fsp3) is 0.267. The van der Waals surface area contributed by atoms with Crippen molar-refractivity contribution < 1.29 is 18.0 Å². The Hall–Kier alpha value is -2.64. The molecular weight excluding hydrogens is 309 g/mol. The highest BCUT2D eigenvalue weighted by Crippen LogP contribution is 2.33. The van der Waals surface area contributed by atoms with Crippen molar-refractivity contribution in [3.63, 3.8) is 0 Å². The minimum absolute atomic E-state index is 0.118. The van der Waals surface area contributed by atoms with Gasteiger partial charge in [0.2, 0.25) is 0 Å². The number of fused-ring (bicyclic) bond motifs is 1. The summed E-state index contributed by atoms with van der Waals surface area (Å²) in [6.45, 7) is 0.392. The maximum Gasteiger partial charge on any atom is 0.417 e. The molecule has 0 fully saturated rings. The molecule has 0 radical (unpaired) electrons. The van der Waals surface area contributed by atoms with Crippen LogP contribution in [0.4, 0.5) is 19.0 Å². The molecule has 3 rings (SSSR count). The molecule has 1 aromatic heterocycles. The lowest BCUT2D eigenvalue weighted by Crippen LogP contribution is -2.37. The third-order valence-electron chi connectivity index (χ3n) is 3.79. The predicted octanol–water partition coefficient (Wildman–Crippen LogP) is 2.28. The van der Waals surface area contributed by atoms with Crippen LogP contribution in [0, 0.1) is 0 Å². The van der Waals surface area contributed by atoms with Gasteiger partial charge in [-0.3, -0.25) is 4.79 Å². The molecule has 1 amide bonds. The highest BCUT2D eigenvalue weighted by Gasteiger charge is 2.36. The molecule has 120 valence electrons. The van der Waals surface area contributed by atoms with Gasteiger partial charge in [0.15, 0.2) is 0 Å². The van der Waals surface area contributed by atoms with Crippen LogP contribution >= 0.6 is 0 Å². The molecule has 5 nitrogen and oxygen atoms in total. The van der Waals surface area contributed by atoms with E-state index in [-0.39, 0.29) is 18.7 Å². The minimum Gasteiger partial charge on any atom is -0.383 e. The molecule has 1 aliphatic rings. The SMILES string of the molecule is Nc1ncnc2c1CCN(C(=O)c1ccccc1C(F)(F)F)C2. The lowest BCUT2D eigenvalue weighted by Gasteiger charge is -2.29. The first-order valence-electron chi connectivity index (χ1n) is 6.91. The molecule has 1 aliphatic heterocycles. The third-order valence-corrected chi connectivity index (χ3v) is 3.79. The summed E-state index contributed by atoms with van der Waals surface area (Å²) in [5.74, 6) is -0.321. The highest BCUT2D eigenvalue weighted by atomic mass is 19.4. The van der Waals surface area contributed by atoms with Gasteiger partial charge >= 0.3 is 6.18 Å². The highest BCUT2D eigenvalue weighted by molar-refractivity contribution is 5.96. The monoisotopic (exact) mass is 322 g/mol. The van der Waals surface area contributed by atoms with Crippen LogP contribution in [-0.4, -0.2) is 27.3 Å². The van der Waals surface area contributed by atoms with E-state index >= 15 is 0 Å². The number of carbonyl (C=O) groups excluding carboxylic acids is 1. The first-order valence-corrected chi connectivity index (χ1v) is 6.91. The molecule has 2 heterocycles. The molecular formula is C15H13F3N4O. The topological polar surface area (TPSA) is 72.1 Å². The number of anilines is 1. The molecule has 8 heteroatoms. The number of nitrogen functional groups attached to an aromatic ring is 1. The van der Waals surface area contributed by atoms with Gasteiger partial charge in [0.25, 0.3) is 5.91 Å². The number of amides is 1. The van der Waals surface area contributed by atoms with E-state index in [1.165, 1.54) is 29.4 Å². The first-order chi connectivity index (χ1) is 10.9. The van der Waals surface area contributed by atoms with E-state index in [0.29, 0.717) is 17.9 Å². The van der Waals surface area contributed by atoms with Crippen LogP contribution in [0.25, 0.3) is 0 Å². The fourth-order valence-corrected chi connectivity index (χ4v) is 2.64. The number of hydrogen-bond donors (Lipinski definition) is 1. The number of hydrogen-bond acceptors (Lipinski definition) is 4. The van der Waals surface area contributed by atoms with Crippen LogP contribution < -0.4 is 5.73 Å². The molecule has 0 spiro atoms. The average Bonchev–Trinajstić information content (AvgIpc) is 2.53. The molecule has 0 bridgehead atoms. The van der Waals surface area contributed by atoms with Crippen LogP contribution in [0.3, 0.4) is 0 Å². The number of aromatic nitrogens is 2. The summed E-state index contributed by atoms with van der Waals surface area (Å²) in [5, 5.41) is 0. The van der Waals surface area contributed by atoms with E-state index in [2.05, 4.69) is 9.97 Å². The minimum atomic E-state index is -4.58. The maximum absolute atomic E-state index is 13.1. The zero-order chi connectivity index (χ0) is 16.6. The molecule has 0 atom stereocenters. The van der Waals surface area contributed by atoms with E-state index in [1.807, 2.05) is 0 Å². The first kappa shape index (κ1) is 15.3. The van der Waals surface area contributed by atoms with Crippen molar-refractivity contribution >= 4 is 11.7 Å². The van der Waals surface area contributed by atoms with Gasteiger partial charge in [-0.15, -0.1) is 0 Å². The number of alkyl halides is 3.